The van der Waals surface area contributed by atoms with Crippen molar-refractivity contribution in [1.82, 2.24) is 19.8 Å². The van der Waals surface area contributed by atoms with Crippen molar-refractivity contribution in [2.45, 2.75) is 37.6 Å². The summed E-state index contributed by atoms with van der Waals surface area (Å²) in [7, 11) is 3.28. The summed E-state index contributed by atoms with van der Waals surface area (Å²) in [5.41, 5.74) is 1.67. The number of thiazole rings is 1. The lowest BCUT2D eigenvalue weighted by Gasteiger charge is -2.31. The van der Waals surface area contributed by atoms with Gasteiger partial charge in [-0.25, -0.2) is 9.97 Å². The molecule has 0 N–H and O–H groups in total. The number of rotatable bonds is 6. The standard InChI is InChI=1S/C26H30N4O4S/c1-33-15-18-6-5-11-30(18)26(32)22-16-35-24(28-22)17-9-12-29(13-10-17)25(31)21-14-23(34-2)19-7-3-4-8-20(19)27-21/h3-4,7-8,14,16-18H,5-6,9-13,15H2,1-2H3. The third kappa shape index (κ3) is 4.75. The van der Waals surface area contributed by atoms with Crippen molar-refractivity contribution in [2.75, 3.05) is 40.5 Å². The van der Waals surface area contributed by atoms with Gasteiger partial charge in [-0.05, 0) is 37.8 Å². The van der Waals surface area contributed by atoms with Crippen LogP contribution in [0, 0.1) is 0 Å². The van der Waals surface area contributed by atoms with E-state index in [1.165, 1.54) is 0 Å². The minimum absolute atomic E-state index is 0.00371. The van der Waals surface area contributed by atoms with Crippen LogP contribution in [0.25, 0.3) is 10.9 Å². The van der Waals surface area contributed by atoms with Crippen LogP contribution in [0.4, 0.5) is 0 Å². The Morgan fingerprint density at radius 2 is 1.83 bits per heavy atom. The Balaban J connectivity index is 1.23. The maximum absolute atomic E-state index is 13.2. The molecule has 1 atom stereocenters. The van der Waals surface area contributed by atoms with E-state index in [4.69, 9.17) is 14.5 Å². The van der Waals surface area contributed by atoms with Crippen LogP contribution >= 0.6 is 11.3 Å². The van der Waals surface area contributed by atoms with Crippen LogP contribution in [-0.4, -0.2) is 78.1 Å². The number of methoxy groups -OCH3 is 2. The lowest BCUT2D eigenvalue weighted by molar-refractivity contribution is 0.0625. The van der Waals surface area contributed by atoms with E-state index in [9.17, 15) is 9.59 Å². The second kappa shape index (κ2) is 10.3. The molecule has 5 rings (SSSR count). The smallest absolute Gasteiger partial charge is 0.273 e. The molecule has 2 aliphatic heterocycles. The predicted octanol–water partition coefficient (Wildman–Crippen LogP) is 3.97. The molecule has 1 unspecified atom stereocenters. The van der Waals surface area contributed by atoms with Gasteiger partial charge in [0.2, 0.25) is 0 Å². The van der Waals surface area contributed by atoms with Crippen molar-refractivity contribution >= 4 is 34.1 Å². The van der Waals surface area contributed by atoms with Crippen LogP contribution in [0.1, 0.15) is 57.6 Å². The monoisotopic (exact) mass is 494 g/mol. The van der Waals surface area contributed by atoms with Crippen LogP contribution < -0.4 is 4.74 Å². The number of carbonyl (C=O) groups excluding carboxylic acids is 2. The molecule has 3 aromatic rings. The van der Waals surface area contributed by atoms with Crippen LogP contribution in [0.3, 0.4) is 0 Å². The summed E-state index contributed by atoms with van der Waals surface area (Å²) in [5.74, 6) is 0.814. The maximum atomic E-state index is 13.2. The highest BCUT2D eigenvalue weighted by Gasteiger charge is 2.32. The minimum Gasteiger partial charge on any atom is -0.496 e. The van der Waals surface area contributed by atoms with Gasteiger partial charge in [-0.3, -0.25) is 9.59 Å². The molecule has 0 bridgehead atoms. The van der Waals surface area contributed by atoms with Crippen molar-refractivity contribution in [2.24, 2.45) is 0 Å². The fourth-order valence-electron chi connectivity index (χ4n) is 5.10. The molecule has 0 radical (unpaired) electrons. The number of carbonyl (C=O) groups is 2. The molecule has 2 saturated heterocycles. The van der Waals surface area contributed by atoms with E-state index in [0.717, 1.165) is 48.1 Å². The van der Waals surface area contributed by atoms with Crippen LogP contribution in [0.5, 0.6) is 5.75 Å². The average molecular weight is 495 g/mol. The van der Waals surface area contributed by atoms with Gasteiger partial charge in [0.1, 0.15) is 17.1 Å². The third-order valence-electron chi connectivity index (χ3n) is 6.99. The molecule has 0 aliphatic carbocycles. The number of piperidine rings is 1. The molecule has 4 heterocycles. The van der Waals surface area contributed by atoms with E-state index in [1.807, 2.05) is 39.4 Å². The zero-order valence-corrected chi connectivity index (χ0v) is 20.9. The number of benzene rings is 1. The number of ether oxygens (including phenoxy) is 2. The van der Waals surface area contributed by atoms with Crippen LogP contribution in [-0.2, 0) is 4.74 Å². The molecule has 2 aromatic heterocycles. The van der Waals surface area contributed by atoms with E-state index in [-0.39, 0.29) is 23.8 Å². The Labute approximate surface area is 208 Å². The first-order valence-electron chi connectivity index (χ1n) is 12.1. The zero-order chi connectivity index (χ0) is 24.4. The van der Waals surface area contributed by atoms with Gasteiger partial charge in [0.15, 0.2) is 0 Å². The SMILES string of the molecule is COCC1CCCN1C(=O)c1csc(C2CCN(C(=O)c3cc(OC)c4ccccc4n3)CC2)n1. The van der Waals surface area contributed by atoms with Crippen molar-refractivity contribution in [3.8, 4) is 5.75 Å². The van der Waals surface area contributed by atoms with Crippen LogP contribution in [0.15, 0.2) is 35.7 Å². The minimum atomic E-state index is -0.0827. The summed E-state index contributed by atoms with van der Waals surface area (Å²) in [4.78, 5) is 39.3. The quantitative estimate of drug-likeness (QED) is 0.516. The van der Waals surface area contributed by atoms with E-state index >= 15 is 0 Å². The topological polar surface area (TPSA) is 84.9 Å². The number of amides is 2. The fourth-order valence-corrected chi connectivity index (χ4v) is 6.07. The molecule has 1 aromatic carbocycles. The molecular formula is C26H30N4O4S. The van der Waals surface area contributed by atoms with Crippen molar-refractivity contribution in [3.63, 3.8) is 0 Å². The number of likely N-dealkylation sites (tertiary alicyclic amines) is 2. The number of aromatic nitrogens is 2. The highest BCUT2D eigenvalue weighted by molar-refractivity contribution is 7.09. The molecule has 35 heavy (non-hydrogen) atoms. The van der Waals surface area contributed by atoms with Gasteiger partial charge in [0.25, 0.3) is 11.8 Å². The van der Waals surface area contributed by atoms with Crippen molar-refractivity contribution in [1.29, 1.82) is 0 Å². The summed E-state index contributed by atoms with van der Waals surface area (Å²) in [6.07, 6.45) is 3.60. The van der Waals surface area contributed by atoms with Gasteiger partial charge < -0.3 is 19.3 Å². The van der Waals surface area contributed by atoms with E-state index < -0.39 is 0 Å². The summed E-state index contributed by atoms with van der Waals surface area (Å²) >= 11 is 1.55. The second-order valence-electron chi connectivity index (χ2n) is 9.11. The van der Waals surface area contributed by atoms with Crippen molar-refractivity contribution < 1.29 is 19.1 Å². The first kappa shape index (κ1) is 23.7. The summed E-state index contributed by atoms with van der Waals surface area (Å²) in [6.45, 7) is 2.58. The maximum Gasteiger partial charge on any atom is 0.273 e. The summed E-state index contributed by atoms with van der Waals surface area (Å²) in [6, 6.07) is 9.53. The first-order valence-corrected chi connectivity index (χ1v) is 13.0. The van der Waals surface area contributed by atoms with E-state index in [0.29, 0.717) is 36.8 Å². The Hall–Kier alpha value is -3.04. The Kier molecular flexibility index (Phi) is 6.97. The number of para-hydroxylation sites is 1. The van der Waals surface area contributed by atoms with Gasteiger partial charge in [-0.15, -0.1) is 11.3 Å². The van der Waals surface area contributed by atoms with Gasteiger partial charge in [0.05, 0.1) is 30.3 Å². The molecule has 0 spiro atoms. The molecule has 9 heteroatoms. The molecule has 2 aliphatic rings. The zero-order valence-electron chi connectivity index (χ0n) is 20.1. The largest absolute Gasteiger partial charge is 0.496 e. The molecule has 184 valence electrons. The fraction of sp³-hybridized carbons (Fsp3) is 0.462. The highest BCUT2D eigenvalue weighted by Crippen LogP contribution is 2.32. The van der Waals surface area contributed by atoms with Gasteiger partial charge >= 0.3 is 0 Å². The predicted molar refractivity (Wildman–Crippen MR) is 134 cm³/mol. The molecular weight excluding hydrogens is 464 g/mol. The van der Waals surface area contributed by atoms with E-state index in [1.54, 1.807) is 31.6 Å². The Bertz CT molecular complexity index is 1220. The molecule has 0 saturated carbocycles. The number of pyridine rings is 1. The summed E-state index contributed by atoms with van der Waals surface area (Å²) in [5, 5.41) is 3.75. The Morgan fingerprint density at radius 1 is 1.03 bits per heavy atom. The highest BCUT2D eigenvalue weighted by atomic mass is 32.1. The number of nitrogens with zero attached hydrogens (tertiary/aromatic N) is 4. The van der Waals surface area contributed by atoms with Crippen LogP contribution in [0.2, 0.25) is 0 Å². The number of hydrogen-bond donors (Lipinski definition) is 0. The first-order chi connectivity index (χ1) is 17.1. The third-order valence-corrected chi connectivity index (χ3v) is 7.99. The number of hydrogen-bond acceptors (Lipinski definition) is 7. The van der Waals surface area contributed by atoms with Gasteiger partial charge in [-0.2, -0.15) is 0 Å². The second-order valence-corrected chi connectivity index (χ2v) is 10.0. The number of fused-ring (bicyclic) bond motifs is 1. The van der Waals surface area contributed by atoms with Gasteiger partial charge in [-0.1, -0.05) is 12.1 Å². The Morgan fingerprint density at radius 3 is 2.60 bits per heavy atom. The summed E-state index contributed by atoms with van der Waals surface area (Å²) < 4.78 is 10.8. The average Bonchev–Trinajstić information content (AvgIpc) is 3.58. The molecule has 2 fully saturated rings. The van der Waals surface area contributed by atoms with Gasteiger partial charge in [0, 0.05) is 49.5 Å². The molecule has 2 amide bonds. The lowest BCUT2D eigenvalue weighted by atomic mass is 9.97. The molecule has 8 nitrogen and oxygen atoms in total. The van der Waals surface area contributed by atoms with Crippen molar-refractivity contribution in [3.05, 3.63) is 52.1 Å². The van der Waals surface area contributed by atoms with E-state index in [2.05, 4.69) is 4.98 Å². The normalized spacial score (nSPS) is 18.9. The lowest BCUT2D eigenvalue weighted by Crippen LogP contribution is -2.38.